The first-order valence-corrected chi connectivity index (χ1v) is 11.5. The summed E-state index contributed by atoms with van der Waals surface area (Å²) in [5.41, 5.74) is 0.578. The molecule has 6 rings (SSSR count). The minimum absolute atomic E-state index is 0.0470. The molecule has 6 aliphatic rings. The topological polar surface area (TPSA) is 44.8 Å². The van der Waals surface area contributed by atoms with Crippen LogP contribution in [0.25, 0.3) is 0 Å². The van der Waals surface area contributed by atoms with Gasteiger partial charge in [0.25, 0.3) is 0 Å². The smallest absolute Gasteiger partial charge is 0.306 e. The highest BCUT2D eigenvalue weighted by molar-refractivity contribution is 5.71. The van der Waals surface area contributed by atoms with Gasteiger partial charge in [0.2, 0.25) is 0 Å². The number of hydrogen-bond acceptors (Lipinski definition) is 4. The number of cyclic esters (lactones) is 1. The van der Waals surface area contributed by atoms with Crippen molar-refractivity contribution in [3.05, 3.63) is 12.2 Å². The second-order valence-electron chi connectivity index (χ2n) is 9.92. The lowest BCUT2D eigenvalue weighted by Gasteiger charge is -2.68. The molecule has 0 amide bonds. The Morgan fingerprint density at radius 3 is 2.39 bits per heavy atom. The third kappa shape index (κ3) is 5.18. The molecular formula is C24H40O4. The number of allylic oxidation sites excluding steroid dienone is 1. The highest BCUT2D eigenvalue weighted by Gasteiger charge is 2.66. The van der Waals surface area contributed by atoms with Gasteiger partial charge in [0.1, 0.15) is 6.10 Å². The fourth-order valence-corrected chi connectivity index (χ4v) is 5.69. The van der Waals surface area contributed by atoms with Gasteiger partial charge in [-0.25, -0.2) is 0 Å². The van der Waals surface area contributed by atoms with Gasteiger partial charge in [-0.3, -0.25) is 4.79 Å². The monoisotopic (exact) mass is 392 g/mol. The number of carbonyl (C=O) groups excluding carboxylic acids is 1. The number of hydrogen-bond donors (Lipinski definition) is 0. The zero-order chi connectivity index (χ0) is 20.2. The van der Waals surface area contributed by atoms with Gasteiger partial charge >= 0.3 is 5.97 Å². The van der Waals surface area contributed by atoms with Crippen molar-refractivity contribution in [3.63, 3.8) is 0 Å². The predicted molar refractivity (Wildman–Crippen MR) is 111 cm³/mol. The molecule has 4 heteroatoms. The Bertz CT molecular complexity index is 539. The second-order valence-corrected chi connectivity index (χ2v) is 9.92. The summed E-state index contributed by atoms with van der Waals surface area (Å²) in [5, 5.41) is 0. The van der Waals surface area contributed by atoms with Gasteiger partial charge in [-0.05, 0) is 51.0 Å². The van der Waals surface area contributed by atoms with Gasteiger partial charge in [-0.15, -0.1) is 0 Å². The van der Waals surface area contributed by atoms with Crippen molar-refractivity contribution < 1.29 is 19.0 Å². The molecule has 4 bridgehead atoms. The van der Waals surface area contributed by atoms with Crippen molar-refractivity contribution in [2.24, 2.45) is 11.3 Å². The van der Waals surface area contributed by atoms with Crippen LogP contribution in [0.15, 0.2) is 12.2 Å². The third-order valence-corrected chi connectivity index (χ3v) is 6.92. The Labute approximate surface area is 171 Å². The highest BCUT2D eigenvalue weighted by Crippen LogP contribution is 2.64. The van der Waals surface area contributed by atoms with Gasteiger partial charge in [-0.1, -0.05) is 52.0 Å². The zero-order valence-corrected chi connectivity index (χ0v) is 18.4. The second kappa shape index (κ2) is 9.30. The first-order valence-electron chi connectivity index (χ1n) is 11.5. The lowest BCUT2D eigenvalue weighted by atomic mass is 9.50. The number of unbranched alkanes of at least 4 members (excludes halogenated alkanes) is 6. The Morgan fingerprint density at radius 2 is 1.82 bits per heavy atom. The van der Waals surface area contributed by atoms with E-state index in [4.69, 9.17) is 14.2 Å². The molecule has 1 saturated carbocycles. The van der Waals surface area contributed by atoms with Crippen molar-refractivity contribution >= 4 is 5.97 Å². The number of fused-ring (bicyclic) bond motifs is 1. The van der Waals surface area contributed by atoms with Crippen molar-refractivity contribution in [2.45, 2.75) is 122 Å². The first kappa shape index (κ1) is 21.8. The quantitative estimate of drug-likeness (QED) is 0.291. The highest BCUT2D eigenvalue weighted by atomic mass is 16.7. The molecule has 0 N–H and O–H groups in total. The normalized spacial score (nSPS) is 37.4. The van der Waals surface area contributed by atoms with Crippen LogP contribution in [0.2, 0.25) is 0 Å². The summed E-state index contributed by atoms with van der Waals surface area (Å²) in [4.78, 5) is 10.8. The van der Waals surface area contributed by atoms with Gasteiger partial charge < -0.3 is 14.2 Å². The summed E-state index contributed by atoms with van der Waals surface area (Å²) in [5.74, 6) is 0.587. The molecule has 5 heterocycles. The lowest BCUT2D eigenvalue weighted by molar-refractivity contribution is -0.414. The first-order chi connectivity index (χ1) is 13.3. The van der Waals surface area contributed by atoms with Crippen LogP contribution < -0.4 is 0 Å². The largest absolute Gasteiger partial charge is 0.458 e. The molecule has 5 saturated heterocycles. The SMILES string of the molecule is CC1(C)O[C@@H]2C[C@@]3(C)C[C@@H](O2)[C@@H]13.CCCCCCCC/C=C\[C@H]1CCC(=O)O1. The fourth-order valence-electron chi connectivity index (χ4n) is 5.69. The van der Waals surface area contributed by atoms with E-state index in [1.807, 2.05) is 0 Å². The maximum atomic E-state index is 10.8. The molecule has 0 radical (unpaired) electrons. The molecule has 1 aliphatic carbocycles. The van der Waals surface area contributed by atoms with Gasteiger partial charge in [0.05, 0.1) is 11.7 Å². The number of ether oxygens (including phenoxy) is 3. The molecular weight excluding hydrogens is 352 g/mol. The van der Waals surface area contributed by atoms with Crippen LogP contribution in [0.1, 0.15) is 98.3 Å². The third-order valence-electron chi connectivity index (χ3n) is 6.92. The lowest BCUT2D eigenvalue weighted by Crippen LogP contribution is -2.71. The predicted octanol–water partition coefficient (Wildman–Crippen LogP) is 5.94. The number of esters is 1. The van der Waals surface area contributed by atoms with Crippen LogP contribution in [0, 0.1) is 11.3 Å². The van der Waals surface area contributed by atoms with E-state index in [-0.39, 0.29) is 24.0 Å². The Hall–Kier alpha value is -0.870. The minimum atomic E-state index is -0.0470. The summed E-state index contributed by atoms with van der Waals surface area (Å²) in [6.07, 6.45) is 17.8. The van der Waals surface area contributed by atoms with Crippen LogP contribution in [-0.4, -0.2) is 30.1 Å². The number of rotatable bonds is 8. The molecule has 0 unspecified atom stereocenters. The van der Waals surface area contributed by atoms with Crippen LogP contribution in [0.5, 0.6) is 0 Å². The van der Waals surface area contributed by atoms with Crippen molar-refractivity contribution in [1.29, 1.82) is 0 Å². The minimum Gasteiger partial charge on any atom is -0.458 e. The van der Waals surface area contributed by atoms with Crippen LogP contribution in [0.4, 0.5) is 0 Å². The molecule has 0 aromatic carbocycles. The van der Waals surface area contributed by atoms with E-state index in [0.29, 0.717) is 23.9 Å². The molecule has 160 valence electrons. The molecule has 0 aromatic heterocycles. The van der Waals surface area contributed by atoms with Gasteiger partial charge in [0, 0.05) is 18.8 Å². The Kier molecular flexibility index (Phi) is 7.25. The van der Waals surface area contributed by atoms with Crippen LogP contribution in [0.3, 0.4) is 0 Å². The molecule has 4 nitrogen and oxygen atoms in total. The summed E-state index contributed by atoms with van der Waals surface area (Å²) in [6.45, 7) is 9.03. The molecule has 28 heavy (non-hydrogen) atoms. The molecule has 6 fully saturated rings. The Morgan fingerprint density at radius 1 is 1.07 bits per heavy atom. The van der Waals surface area contributed by atoms with Crippen LogP contribution >= 0.6 is 0 Å². The Balaban J connectivity index is 0.000000166. The maximum Gasteiger partial charge on any atom is 0.306 e. The van der Waals surface area contributed by atoms with Crippen molar-refractivity contribution in [3.8, 4) is 0 Å². The van der Waals surface area contributed by atoms with Gasteiger partial charge in [0.15, 0.2) is 6.29 Å². The fraction of sp³-hybridized carbons (Fsp3) is 0.875. The molecule has 5 aliphatic heterocycles. The summed E-state index contributed by atoms with van der Waals surface area (Å²) >= 11 is 0. The average Bonchev–Trinajstić information content (AvgIpc) is 3.00. The van der Waals surface area contributed by atoms with E-state index in [1.165, 1.54) is 44.9 Å². The van der Waals surface area contributed by atoms with Crippen molar-refractivity contribution in [1.82, 2.24) is 0 Å². The van der Waals surface area contributed by atoms with E-state index in [9.17, 15) is 4.79 Å². The summed E-state index contributed by atoms with van der Waals surface area (Å²) < 4.78 is 16.6. The maximum absolute atomic E-state index is 10.8. The van der Waals surface area contributed by atoms with Gasteiger partial charge in [-0.2, -0.15) is 0 Å². The molecule has 0 spiro atoms. The van der Waals surface area contributed by atoms with E-state index in [0.717, 1.165) is 19.3 Å². The van der Waals surface area contributed by atoms with E-state index in [1.54, 1.807) is 0 Å². The zero-order valence-electron chi connectivity index (χ0n) is 18.4. The van der Waals surface area contributed by atoms with E-state index >= 15 is 0 Å². The van der Waals surface area contributed by atoms with E-state index in [2.05, 4.69) is 39.8 Å². The van der Waals surface area contributed by atoms with E-state index < -0.39 is 0 Å². The summed E-state index contributed by atoms with van der Waals surface area (Å²) in [6, 6.07) is 0. The summed E-state index contributed by atoms with van der Waals surface area (Å²) in [7, 11) is 0. The number of carbonyl (C=O) groups is 1. The van der Waals surface area contributed by atoms with Crippen molar-refractivity contribution in [2.75, 3.05) is 0 Å². The van der Waals surface area contributed by atoms with Crippen LogP contribution in [-0.2, 0) is 19.0 Å². The molecule has 5 atom stereocenters. The average molecular weight is 393 g/mol. The molecule has 0 aromatic rings. The standard InChI is InChI=1S/C14H24O2.C10H16O2/c1-2-3-4-5-6-7-8-9-10-13-11-12-14(15)16-13;1-9(2)8-6-4-10(8,3)5-7(11-6)12-9/h9-10,13H,2-8,11-12H2,1H3;6-8H,4-5H2,1-3H3/b10-9-;/t13-;6-,7-,8+,10-/m01/s1.